The minimum atomic E-state index is -0.969. The number of unbranched alkanes of at least 4 members (excludes halogenated alkanes) is 4. The fraction of sp³-hybridized carbons (Fsp3) is 0.700. The average Bonchev–Trinajstić information content (AvgIpc) is 3.05. The first-order valence-electron chi connectivity index (χ1n) is 19.7. The highest BCUT2D eigenvalue weighted by Crippen LogP contribution is 2.17. The summed E-state index contributed by atoms with van der Waals surface area (Å²) in [6, 6.07) is 3.82. The molecule has 3 atom stereocenters. The number of benzene rings is 1. The molecule has 0 bridgehead atoms. The largest absolute Gasteiger partial charge is 0.444 e. The first-order valence-corrected chi connectivity index (χ1v) is 19.7. The third-order valence-electron chi connectivity index (χ3n) is 7.70. The minimum absolute atomic E-state index is 0.237. The highest BCUT2D eigenvalue weighted by Gasteiger charge is 2.27. The molecule has 0 spiro atoms. The van der Waals surface area contributed by atoms with E-state index in [1.165, 1.54) is 0 Å². The Hall–Kier alpha value is -4.60. The molecule has 1 aromatic carbocycles. The molecule has 318 valence electrons. The molecule has 0 radical (unpaired) electrons. The summed E-state index contributed by atoms with van der Waals surface area (Å²) in [4.78, 5) is 77.1. The van der Waals surface area contributed by atoms with E-state index in [0.717, 1.165) is 19.3 Å². The second kappa shape index (κ2) is 24.1. The van der Waals surface area contributed by atoms with Crippen molar-refractivity contribution < 1.29 is 43.0 Å². The Morgan fingerprint density at radius 2 is 0.875 bits per heavy atom. The molecule has 3 unspecified atom stereocenters. The molecule has 1 aromatic rings. The van der Waals surface area contributed by atoms with Crippen LogP contribution in [0, 0.1) is 0 Å². The van der Waals surface area contributed by atoms with Gasteiger partial charge in [-0.25, -0.2) is 14.4 Å². The predicted octanol–water partition coefficient (Wildman–Crippen LogP) is 6.24. The van der Waals surface area contributed by atoms with Gasteiger partial charge in [0.15, 0.2) is 0 Å². The molecule has 8 N–H and O–H groups in total. The second-order valence-corrected chi connectivity index (χ2v) is 16.7. The van der Waals surface area contributed by atoms with E-state index in [0.29, 0.717) is 56.4 Å². The van der Waals surface area contributed by atoms with E-state index >= 15 is 0 Å². The molecule has 0 saturated heterocycles. The number of nitrogens with one attached hydrogen (secondary N) is 6. The molecule has 0 aliphatic heterocycles. The lowest BCUT2D eigenvalue weighted by Crippen LogP contribution is -2.48. The molecule has 0 aliphatic rings. The summed E-state index contributed by atoms with van der Waals surface area (Å²) in [6.07, 6.45) is 3.84. The lowest BCUT2D eigenvalue weighted by Gasteiger charge is -2.24. The lowest BCUT2D eigenvalue weighted by molar-refractivity contribution is -0.123. The number of amides is 6. The van der Waals surface area contributed by atoms with Crippen LogP contribution >= 0.6 is 0 Å². The maximum absolute atomic E-state index is 13.4. The van der Waals surface area contributed by atoms with E-state index in [2.05, 4.69) is 38.8 Å². The number of ether oxygens (including phenoxy) is 3. The fourth-order valence-corrected chi connectivity index (χ4v) is 5.15. The van der Waals surface area contributed by atoms with Gasteiger partial charge < -0.3 is 51.8 Å². The minimum Gasteiger partial charge on any atom is -0.444 e. The maximum atomic E-state index is 13.4. The van der Waals surface area contributed by atoms with Gasteiger partial charge in [0.25, 0.3) is 0 Å². The second-order valence-electron chi connectivity index (χ2n) is 16.7. The van der Waals surface area contributed by atoms with E-state index in [4.69, 9.17) is 19.9 Å². The molecule has 0 saturated carbocycles. The van der Waals surface area contributed by atoms with Crippen LogP contribution in [-0.2, 0) is 28.6 Å². The molecule has 16 nitrogen and oxygen atoms in total. The number of alkyl carbamates (subject to hydrolysis) is 3. The Bertz CT molecular complexity index is 1400. The molecule has 56 heavy (non-hydrogen) atoms. The number of anilines is 2. The van der Waals surface area contributed by atoms with Crippen LogP contribution in [0.3, 0.4) is 0 Å². The van der Waals surface area contributed by atoms with Crippen LogP contribution in [0.1, 0.15) is 133 Å². The Morgan fingerprint density at radius 3 is 1.21 bits per heavy atom. The Kier molecular flexibility index (Phi) is 21.3. The normalized spacial score (nSPS) is 13.3. The number of hydrogen-bond acceptors (Lipinski definition) is 10. The predicted molar refractivity (Wildman–Crippen MR) is 217 cm³/mol. The van der Waals surface area contributed by atoms with Crippen molar-refractivity contribution in [2.75, 3.05) is 23.7 Å². The number of rotatable bonds is 21. The van der Waals surface area contributed by atoms with Crippen molar-refractivity contribution in [2.45, 2.75) is 168 Å². The van der Waals surface area contributed by atoms with Gasteiger partial charge in [0.2, 0.25) is 17.7 Å². The van der Waals surface area contributed by atoms with E-state index < -0.39 is 65.0 Å². The van der Waals surface area contributed by atoms with Crippen molar-refractivity contribution in [1.82, 2.24) is 21.3 Å². The summed E-state index contributed by atoms with van der Waals surface area (Å²) in [5.41, 5.74) is 4.23. The molecule has 0 fully saturated rings. The van der Waals surface area contributed by atoms with Crippen LogP contribution in [0.5, 0.6) is 0 Å². The topological polar surface area (TPSA) is 228 Å². The number of nitrogens with two attached hydrogens (primary N) is 1. The lowest BCUT2D eigenvalue weighted by atomic mass is 10.1. The monoisotopic (exact) mass is 792 g/mol. The molecule has 1 rings (SSSR count). The molecular weight excluding hydrogens is 722 g/mol. The van der Waals surface area contributed by atoms with Crippen LogP contribution in [0.4, 0.5) is 25.8 Å². The summed E-state index contributed by atoms with van der Waals surface area (Å²) in [5.74, 6) is -1.25. The first-order chi connectivity index (χ1) is 26.0. The number of carbonyl (C=O) groups excluding carboxylic acids is 6. The maximum Gasteiger partial charge on any atom is 0.408 e. The van der Waals surface area contributed by atoms with Gasteiger partial charge in [-0.05, 0) is 138 Å². The Balaban J connectivity index is 2.91. The quantitative estimate of drug-likeness (QED) is 0.0548. The zero-order chi connectivity index (χ0) is 42.5. The highest BCUT2D eigenvalue weighted by molar-refractivity contribution is 5.98. The Labute approximate surface area is 333 Å². The fourth-order valence-electron chi connectivity index (χ4n) is 5.15. The molecule has 16 heteroatoms. The van der Waals surface area contributed by atoms with Crippen LogP contribution in [0.15, 0.2) is 24.3 Å². The van der Waals surface area contributed by atoms with E-state index in [-0.39, 0.29) is 18.9 Å². The summed E-state index contributed by atoms with van der Waals surface area (Å²) < 4.78 is 16.1. The molecular formula is C40H69N7O9. The molecule has 0 aliphatic carbocycles. The number of hydrogen-bond donors (Lipinski definition) is 7. The molecule has 6 amide bonds. The van der Waals surface area contributed by atoms with Gasteiger partial charge in [0.1, 0.15) is 34.9 Å². The van der Waals surface area contributed by atoms with E-state index in [1.54, 1.807) is 86.6 Å². The summed E-state index contributed by atoms with van der Waals surface area (Å²) in [5, 5.41) is 16.4. The SMILES string of the molecule is CCCCCC(NC(=O)OC(C)(C)C)C(=O)NCCCCC(NC(=O)OC(C)(C)C)C(=O)Nc1ccc(NC(=O)C(CCCCN)NC(=O)OC(C)(C)C)cc1. The number of carbonyl (C=O) groups is 6. The van der Waals surface area contributed by atoms with E-state index in [1.807, 2.05) is 0 Å². The van der Waals surface area contributed by atoms with Crippen molar-refractivity contribution in [2.24, 2.45) is 5.73 Å². The van der Waals surface area contributed by atoms with Gasteiger partial charge in [-0.2, -0.15) is 0 Å². The van der Waals surface area contributed by atoms with Crippen LogP contribution in [0.2, 0.25) is 0 Å². The highest BCUT2D eigenvalue weighted by atomic mass is 16.6. The third kappa shape index (κ3) is 23.3. The van der Waals surface area contributed by atoms with Crippen molar-refractivity contribution in [3.63, 3.8) is 0 Å². The van der Waals surface area contributed by atoms with Gasteiger partial charge in [0.05, 0.1) is 0 Å². The third-order valence-corrected chi connectivity index (χ3v) is 7.70. The van der Waals surface area contributed by atoms with Gasteiger partial charge in [-0.1, -0.05) is 26.2 Å². The smallest absolute Gasteiger partial charge is 0.408 e. The van der Waals surface area contributed by atoms with Crippen molar-refractivity contribution in [1.29, 1.82) is 0 Å². The zero-order valence-electron chi connectivity index (χ0n) is 35.3. The van der Waals surface area contributed by atoms with Gasteiger partial charge >= 0.3 is 18.3 Å². The van der Waals surface area contributed by atoms with E-state index in [9.17, 15) is 28.8 Å². The Morgan fingerprint density at radius 1 is 0.536 bits per heavy atom. The first kappa shape index (κ1) is 49.4. The molecule has 0 heterocycles. The van der Waals surface area contributed by atoms with Crippen LogP contribution in [-0.4, -0.2) is 84.0 Å². The zero-order valence-corrected chi connectivity index (χ0v) is 35.3. The van der Waals surface area contributed by atoms with Crippen LogP contribution < -0.4 is 37.6 Å². The summed E-state index contributed by atoms with van der Waals surface area (Å²) in [6.45, 7) is 18.4. The summed E-state index contributed by atoms with van der Waals surface area (Å²) >= 11 is 0. The van der Waals surface area contributed by atoms with Crippen molar-refractivity contribution in [3.05, 3.63) is 24.3 Å². The van der Waals surface area contributed by atoms with Crippen molar-refractivity contribution in [3.8, 4) is 0 Å². The van der Waals surface area contributed by atoms with Gasteiger partial charge in [-0.15, -0.1) is 0 Å². The molecule has 0 aromatic heterocycles. The van der Waals surface area contributed by atoms with Gasteiger partial charge in [0, 0.05) is 17.9 Å². The average molecular weight is 792 g/mol. The van der Waals surface area contributed by atoms with Gasteiger partial charge in [-0.3, -0.25) is 14.4 Å². The standard InChI is InChI=1S/C40H69N7O9/c1-11-12-13-18-29(45-35(51)54-38(2,3)4)32(48)42-26-17-15-20-31(47-37(53)56-40(8,9)10)34(50)44-28-23-21-27(22-24-28)43-33(49)30(19-14-16-25-41)46-36(52)55-39(5,6)7/h21-24,29-31H,11-20,25-26,41H2,1-10H3,(H,42,48)(H,43,49)(H,44,50)(H,45,51)(H,46,52)(H,47,53). The van der Waals surface area contributed by atoms with Crippen LogP contribution in [0.25, 0.3) is 0 Å². The van der Waals surface area contributed by atoms with Crippen molar-refractivity contribution >= 4 is 47.4 Å². The summed E-state index contributed by atoms with van der Waals surface area (Å²) in [7, 11) is 0.